The number of carbonyl (C=O) groups excluding carboxylic acids is 2. The van der Waals surface area contributed by atoms with E-state index in [1.807, 2.05) is 37.3 Å². The maximum absolute atomic E-state index is 12.5. The van der Waals surface area contributed by atoms with Crippen molar-refractivity contribution in [1.29, 1.82) is 0 Å². The van der Waals surface area contributed by atoms with E-state index < -0.39 is 0 Å². The molecule has 21 heavy (non-hydrogen) atoms. The van der Waals surface area contributed by atoms with Crippen LogP contribution in [0, 0.1) is 5.92 Å². The number of benzene rings is 1. The number of rotatable bonds is 4. The number of thioether (sulfide) groups is 1. The minimum absolute atomic E-state index is 0.0367. The number of hydrogen-bond donors (Lipinski definition) is 1. The molecule has 0 spiro atoms. The van der Waals surface area contributed by atoms with Crippen LogP contribution >= 0.6 is 11.8 Å². The molecular formula is C16H20N2O2S. The molecule has 2 aliphatic rings. The Bertz CT molecular complexity index is 530. The Morgan fingerprint density at radius 2 is 2.00 bits per heavy atom. The quantitative estimate of drug-likeness (QED) is 0.927. The molecular weight excluding hydrogens is 284 g/mol. The van der Waals surface area contributed by atoms with Crippen molar-refractivity contribution in [3.8, 4) is 0 Å². The second-order valence-electron chi connectivity index (χ2n) is 5.74. The molecule has 2 amide bonds. The van der Waals surface area contributed by atoms with Gasteiger partial charge in [-0.2, -0.15) is 0 Å². The zero-order valence-electron chi connectivity index (χ0n) is 12.1. The van der Waals surface area contributed by atoms with Crippen molar-refractivity contribution in [3.05, 3.63) is 35.9 Å². The van der Waals surface area contributed by atoms with Crippen molar-refractivity contribution in [3.63, 3.8) is 0 Å². The Morgan fingerprint density at radius 1 is 1.29 bits per heavy atom. The molecule has 2 atom stereocenters. The summed E-state index contributed by atoms with van der Waals surface area (Å²) in [6.07, 6.45) is 1.96. The first-order valence-electron chi connectivity index (χ1n) is 7.40. The van der Waals surface area contributed by atoms with Crippen LogP contribution in [0.15, 0.2) is 30.3 Å². The first kappa shape index (κ1) is 14.4. The monoisotopic (exact) mass is 304 g/mol. The summed E-state index contributed by atoms with van der Waals surface area (Å²) < 4.78 is 0. The number of hydrogen-bond acceptors (Lipinski definition) is 3. The fraction of sp³-hybridized carbons (Fsp3) is 0.500. The lowest BCUT2D eigenvalue weighted by Gasteiger charge is -2.25. The van der Waals surface area contributed by atoms with Crippen LogP contribution in [0.25, 0.3) is 0 Å². The Balaban J connectivity index is 1.63. The van der Waals surface area contributed by atoms with Gasteiger partial charge < -0.3 is 10.2 Å². The SMILES string of the molecule is C[C@@H](NC(=O)[C@@H]1CSCN1C(=O)C1CC1)c1ccccc1. The van der Waals surface area contributed by atoms with Crippen molar-refractivity contribution < 1.29 is 9.59 Å². The molecule has 0 aromatic heterocycles. The summed E-state index contributed by atoms with van der Waals surface area (Å²) in [4.78, 5) is 26.4. The Labute approximate surface area is 129 Å². The molecule has 0 unspecified atom stereocenters. The van der Waals surface area contributed by atoms with Crippen LogP contribution < -0.4 is 5.32 Å². The van der Waals surface area contributed by atoms with Crippen LogP contribution in [-0.4, -0.2) is 34.4 Å². The van der Waals surface area contributed by atoms with Crippen molar-refractivity contribution in [2.24, 2.45) is 5.92 Å². The highest BCUT2D eigenvalue weighted by Gasteiger charge is 2.41. The Hall–Kier alpha value is -1.49. The number of nitrogens with zero attached hydrogens (tertiary/aromatic N) is 1. The van der Waals surface area contributed by atoms with Gasteiger partial charge in [0.05, 0.1) is 11.9 Å². The number of carbonyl (C=O) groups is 2. The fourth-order valence-electron chi connectivity index (χ4n) is 2.58. The van der Waals surface area contributed by atoms with E-state index in [1.165, 1.54) is 0 Å². The van der Waals surface area contributed by atoms with E-state index >= 15 is 0 Å². The normalized spacial score (nSPS) is 22.9. The predicted molar refractivity (Wildman–Crippen MR) is 83.7 cm³/mol. The minimum Gasteiger partial charge on any atom is -0.348 e. The van der Waals surface area contributed by atoms with Gasteiger partial charge in [0.1, 0.15) is 6.04 Å². The van der Waals surface area contributed by atoms with Crippen molar-refractivity contribution in [2.75, 3.05) is 11.6 Å². The first-order valence-corrected chi connectivity index (χ1v) is 8.56. The van der Waals surface area contributed by atoms with E-state index in [-0.39, 0.29) is 29.8 Å². The molecule has 0 radical (unpaired) electrons. The lowest BCUT2D eigenvalue weighted by atomic mass is 10.1. The minimum atomic E-state index is -0.311. The summed E-state index contributed by atoms with van der Waals surface area (Å²) in [6, 6.07) is 9.54. The van der Waals surface area contributed by atoms with Crippen LogP contribution in [0.1, 0.15) is 31.4 Å². The van der Waals surface area contributed by atoms with Crippen LogP contribution in [-0.2, 0) is 9.59 Å². The van der Waals surface area contributed by atoms with E-state index in [2.05, 4.69) is 5.32 Å². The topological polar surface area (TPSA) is 49.4 Å². The van der Waals surface area contributed by atoms with E-state index in [1.54, 1.807) is 16.7 Å². The molecule has 2 fully saturated rings. The van der Waals surface area contributed by atoms with Crippen LogP contribution in [0.4, 0.5) is 0 Å². The summed E-state index contributed by atoms with van der Waals surface area (Å²) >= 11 is 1.66. The lowest BCUT2D eigenvalue weighted by Crippen LogP contribution is -2.48. The average molecular weight is 304 g/mol. The summed E-state index contributed by atoms with van der Waals surface area (Å²) in [6.45, 7) is 1.97. The van der Waals surface area contributed by atoms with E-state index in [0.29, 0.717) is 11.6 Å². The highest BCUT2D eigenvalue weighted by Crippen LogP contribution is 2.34. The van der Waals surface area contributed by atoms with E-state index in [4.69, 9.17) is 0 Å². The molecule has 112 valence electrons. The Kier molecular flexibility index (Phi) is 4.19. The fourth-order valence-corrected chi connectivity index (χ4v) is 3.74. The molecule has 1 saturated heterocycles. The molecule has 3 rings (SSSR count). The molecule has 1 aliphatic carbocycles. The second kappa shape index (κ2) is 6.10. The lowest BCUT2D eigenvalue weighted by molar-refractivity contribution is -0.139. The van der Waals surface area contributed by atoms with Gasteiger partial charge in [0, 0.05) is 11.7 Å². The molecule has 1 aliphatic heterocycles. The maximum Gasteiger partial charge on any atom is 0.244 e. The van der Waals surface area contributed by atoms with Gasteiger partial charge in [-0.15, -0.1) is 11.8 Å². The van der Waals surface area contributed by atoms with E-state index in [0.717, 1.165) is 18.4 Å². The van der Waals surface area contributed by atoms with Crippen molar-refractivity contribution >= 4 is 23.6 Å². The third kappa shape index (κ3) is 3.23. The smallest absolute Gasteiger partial charge is 0.244 e. The van der Waals surface area contributed by atoms with Crippen LogP contribution in [0.5, 0.6) is 0 Å². The van der Waals surface area contributed by atoms with Gasteiger partial charge in [-0.05, 0) is 25.3 Å². The Morgan fingerprint density at radius 3 is 2.67 bits per heavy atom. The third-order valence-corrected chi connectivity index (χ3v) is 5.07. The largest absolute Gasteiger partial charge is 0.348 e. The van der Waals surface area contributed by atoms with Crippen LogP contribution in [0.3, 0.4) is 0 Å². The molecule has 1 aromatic carbocycles. The second-order valence-corrected chi connectivity index (χ2v) is 6.74. The van der Waals surface area contributed by atoms with Gasteiger partial charge >= 0.3 is 0 Å². The summed E-state index contributed by atoms with van der Waals surface area (Å²) in [5, 5.41) is 3.04. The average Bonchev–Trinajstić information content (AvgIpc) is 3.23. The molecule has 0 bridgehead atoms. The molecule has 1 heterocycles. The van der Waals surface area contributed by atoms with Crippen molar-refractivity contribution in [1.82, 2.24) is 10.2 Å². The third-order valence-electron chi connectivity index (χ3n) is 4.05. The highest BCUT2D eigenvalue weighted by atomic mass is 32.2. The zero-order chi connectivity index (χ0) is 14.8. The standard InChI is InChI=1S/C16H20N2O2S/c1-11(12-5-3-2-4-6-12)17-15(19)14-9-21-10-18(14)16(20)13-7-8-13/h2-6,11,13-14H,7-10H2,1H3,(H,17,19)/t11-,14+/m1/s1. The number of nitrogens with one attached hydrogen (secondary N) is 1. The first-order chi connectivity index (χ1) is 10.2. The molecule has 5 heteroatoms. The molecule has 1 N–H and O–H groups in total. The molecule has 4 nitrogen and oxygen atoms in total. The predicted octanol–water partition coefficient (Wildman–Crippen LogP) is 2.18. The zero-order valence-corrected chi connectivity index (χ0v) is 12.9. The van der Waals surface area contributed by atoms with Gasteiger partial charge in [-0.1, -0.05) is 30.3 Å². The van der Waals surface area contributed by atoms with Crippen LogP contribution in [0.2, 0.25) is 0 Å². The summed E-state index contributed by atoms with van der Waals surface area (Å²) in [7, 11) is 0. The van der Waals surface area contributed by atoms with Crippen molar-refractivity contribution in [2.45, 2.75) is 31.8 Å². The van der Waals surface area contributed by atoms with Gasteiger partial charge in [0.2, 0.25) is 11.8 Å². The van der Waals surface area contributed by atoms with Gasteiger partial charge in [-0.25, -0.2) is 0 Å². The number of amides is 2. The van der Waals surface area contributed by atoms with E-state index in [9.17, 15) is 9.59 Å². The van der Waals surface area contributed by atoms with Gasteiger partial charge in [-0.3, -0.25) is 9.59 Å². The summed E-state index contributed by atoms with van der Waals surface area (Å²) in [5.41, 5.74) is 1.08. The molecule has 1 saturated carbocycles. The van der Waals surface area contributed by atoms with Gasteiger partial charge in [0.15, 0.2) is 0 Å². The molecule has 1 aromatic rings. The maximum atomic E-state index is 12.5. The highest BCUT2D eigenvalue weighted by molar-refractivity contribution is 7.99. The summed E-state index contributed by atoms with van der Waals surface area (Å²) in [5.74, 6) is 1.64. The van der Waals surface area contributed by atoms with Gasteiger partial charge in [0.25, 0.3) is 0 Å².